The van der Waals surface area contributed by atoms with Crippen molar-refractivity contribution in [1.29, 1.82) is 0 Å². The number of rotatable bonds is 8. The third-order valence-corrected chi connectivity index (χ3v) is 3.45. The number of hydrogen-bond acceptors (Lipinski definition) is 3. The van der Waals surface area contributed by atoms with Crippen molar-refractivity contribution in [1.82, 2.24) is 15.6 Å². The minimum Gasteiger partial charge on any atom is -0.477 e. The Hall–Kier alpha value is -2.63. The van der Waals surface area contributed by atoms with Crippen molar-refractivity contribution in [3.05, 3.63) is 59.5 Å². The number of guanidine groups is 1. The lowest BCUT2D eigenvalue weighted by Crippen LogP contribution is -2.37. The summed E-state index contributed by atoms with van der Waals surface area (Å²) < 4.78 is 19.4. The summed E-state index contributed by atoms with van der Waals surface area (Å²) in [5.74, 6) is 1.00. The molecule has 0 amide bonds. The first kappa shape index (κ1) is 18.7. The van der Waals surface area contributed by atoms with Gasteiger partial charge in [-0.3, -0.25) is 0 Å². The van der Waals surface area contributed by atoms with Crippen LogP contribution in [0.3, 0.4) is 0 Å². The van der Waals surface area contributed by atoms with Crippen LogP contribution in [0.4, 0.5) is 4.39 Å². The smallest absolute Gasteiger partial charge is 0.218 e. The molecule has 5 nitrogen and oxygen atoms in total. The molecule has 0 fully saturated rings. The molecule has 0 unspecified atom stereocenters. The Morgan fingerprint density at radius 1 is 1.12 bits per heavy atom. The maximum atomic E-state index is 13.7. The van der Waals surface area contributed by atoms with Crippen LogP contribution in [0.1, 0.15) is 31.4 Å². The Morgan fingerprint density at radius 2 is 1.92 bits per heavy atom. The van der Waals surface area contributed by atoms with Crippen LogP contribution in [-0.4, -0.2) is 24.1 Å². The van der Waals surface area contributed by atoms with E-state index in [1.54, 1.807) is 18.3 Å². The molecule has 2 aromatic rings. The van der Waals surface area contributed by atoms with Crippen LogP contribution in [0.2, 0.25) is 0 Å². The molecular weight excluding hydrogens is 319 g/mol. The van der Waals surface area contributed by atoms with Crippen molar-refractivity contribution in [2.24, 2.45) is 4.99 Å². The first-order valence-corrected chi connectivity index (χ1v) is 8.56. The molecule has 6 heteroatoms. The second-order valence-electron chi connectivity index (χ2n) is 5.46. The molecule has 1 heterocycles. The van der Waals surface area contributed by atoms with Gasteiger partial charge in [0.25, 0.3) is 0 Å². The lowest BCUT2D eigenvalue weighted by Gasteiger charge is -2.12. The molecule has 0 bridgehead atoms. The van der Waals surface area contributed by atoms with E-state index in [1.807, 2.05) is 25.1 Å². The standard InChI is InChI=1S/C19H25FN4O/c1-3-12-25-18-16(9-7-11-22-18)14-24-19(21-4-2)23-13-15-8-5-6-10-17(15)20/h5-11H,3-4,12-14H2,1-2H3,(H2,21,23,24). The Labute approximate surface area is 148 Å². The Kier molecular flexibility index (Phi) is 7.69. The van der Waals surface area contributed by atoms with Crippen molar-refractivity contribution < 1.29 is 9.13 Å². The third kappa shape index (κ3) is 6.06. The van der Waals surface area contributed by atoms with Crippen LogP contribution in [0.25, 0.3) is 0 Å². The number of nitrogens with zero attached hydrogens (tertiary/aromatic N) is 2. The fourth-order valence-electron chi connectivity index (χ4n) is 2.20. The summed E-state index contributed by atoms with van der Waals surface area (Å²) in [6.45, 7) is 6.18. The maximum absolute atomic E-state index is 13.7. The third-order valence-electron chi connectivity index (χ3n) is 3.45. The number of nitrogens with one attached hydrogen (secondary N) is 2. The molecule has 0 saturated carbocycles. The van der Waals surface area contributed by atoms with E-state index in [2.05, 4.69) is 27.5 Å². The van der Waals surface area contributed by atoms with Gasteiger partial charge in [0.05, 0.1) is 13.2 Å². The lowest BCUT2D eigenvalue weighted by molar-refractivity contribution is 0.302. The molecule has 0 aliphatic heterocycles. The van der Waals surface area contributed by atoms with Crippen LogP contribution in [-0.2, 0) is 13.1 Å². The van der Waals surface area contributed by atoms with Crippen molar-refractivity contribution in [2.75, 3.05) is 13.2 Å². The summed E-state index contributed by atoms with van der Waals surface area (Å²) in [6.07, 6.45) is 2.63. The predicted octanol–water partition coefficient (Wildman–Crippen LogP) is 3.26. The summed E-state index contributed by atoms with van der Waals surface area (Å²) in [5.41, 5.74) is 1.51. The van der Waals surface area contributed by atoms with Gasteiger partial charge in [-0.15, -0.1) is 0 Å². The van der Waals surface area contributed by atoms with E-state index in [-0.39, 0.29) is 5.82 Å². The first-order chi connectivity index (χ1) is 12.2. The zero-order chi connectivity index (χ0) is 17.9. The van der Waals surface area contributed by atoms with E-state index in [9.17, 15) is 4.39 Å². The van der Waals surface area contributed by atoms with Gasteiger partial charge in [-0.1, -0.05) is 31.2 Å². The van der Waals surface area contributed by atoms with Gasteiger partial charge in [-0.05, 0) is 25.5 Å². The molecule has 2 N–H and O–H groups in total. The molecule has 0 radical (unpaired) electrons. The highest BCUT2D eigenvalue weighted by Crippen LogP contribution is 2.15. The molecule has 25 heavy (non-hydrogen) atoms. The van der Waals surface area contributed by atoms with Crippen LogP contribution in [0, 0.1) is 5.82 Å². The van der Waals surface area contributed by atoms with Crippen LogP contribution in [0.5, 0.6) is 5.88 Å². The number of aliphatic imine (C=N–C) groups is 1. The highest BCUT2D eigenvalue weighted by atomic mass is 19.1. The summed E-state index contributed by atoms with van der Waals surface area (Å²) in [7, 11) is 0. The average molecular weight is 344 g/mol. The number of pyridine rings is 1. The van der Waals surface area contributed by atoms with Gasteiger partial charge in [0, 0.05) is 30.4 Å². The monoisotopic (exact) mass is 344 g/mol. The van der Waals surface area contributed by atoms with Gasteiger partial charge in [0.2, 0.25) is 5.88 Å². The SMILES string of the molecule is CCCOc1ncccc1CN=C(NCC)NCc1ccccc1F. The van der Waals surface area contributed by atoms with E-state index in [0.29, 0.717) is 37.1 Å². The fourth-order valence-corrected chi connectivity index (χ4v) is 2.20. The Balaban J connectivity index is 2.03. The van der Waals surface area contributed by atoms with Gasteiger partial charge in [0.1, 0.15) is 5.82 Å². The largest absolute Gasteiger partial charge is 0.477 e. The minimum atomic E-state index is -0.228. The van der Waals surface area contributed by atoms with E-state index < -0.39 is 0 Å². The molecule has 0 spiro atoms. The zero-order valence-corrected chi connectivity index (χ0v) is 14.8. The summed E-state index contributed by atoms with van der Waals surface area (Å²) >= 11 is 0. The minimum absolute atomic E-state index is 0.228. The van der Waals surface area contributed by atoms with Gasteiger partial charge in [-0.25, -0.2) is 14.4 Å². The average Bonchev–Trinajstić information content (AvgIpc) is 2.64. The predicted molar refractivity (Wildman–Crippen MR) is 98.1 cm³/mol. The van der Waals surface area contributed by atoms with E-state index in [1.165, 1.54) is 6.07 Å². The number of hydrogen-bond donors (Lipinski definition) is 2. The Morgan fingerprint density at radius 3 is 2.68 bits per heavy atom. The number of ether oxygens (including phenoxy) is 1. The van der Waals surface area contributed by atoms with Crippen molar-refractivity contribution in [3.8, 4) is 5.88 Å². The molecule has 2 rings (SSSR count). The molecule has 0 aliphatic rings. The second kappa shape index (κ2) is 10.3. The van der Waals surface area contributed by atoms with Crippen LogP contribution < -0.4 is 15.4 Å². The van der Waals surface area contributed by atoms with Gasteiger partial charge in [-0.2, -0.15) is 0 Å². The number of halogens is 1. The summed E-state index contributed by atoms with van der Waals surface area (Å²) in [5, 5.41) is 6.31. The van der Waals surface area contributed by atoms with Crippen molar-refractivity contribution in [3.63, 3.8) is 0 Å². The van der Waals surface area contributed by atoms with Crippen LogP contribution in [0.15, 0.2) is 47.6 Å². The second-order valence-corrected chi connectivity index (χ2v) is 5.46. The van der Waals surface area contributed by atoms with E-state index in [0.717, 1.165) is 18.5 Å². The summed E-state index contributed by atoms with van der Waals surface area (Å²) in [6, 6.07) is 10.5. The maximum Gasteiger partial charge on any atom is 0.218 e. The van der Waals surface area contributed by atoms with Crippen molar-refractivity contribution >= 4 is 5.96 Å². The van der Waals surface area contributed by atoms with Gasteiger partial charge in [0.15, 0.2) is 5.96 Å². The highest BCUT2D eigenvalue weighted by molar-refractivity contribution is 5.79. The van der Waals surface area contributed by atoms with E-state index >= 15 is 0 Å². The fraction of sp³-hybridized carbons (Fsp3) is 0.368. The molecule has 1 aromatic heterocycles. The lowest BCUT2D eigenvalue weighted by atomic mass is 10.2. The van der Waals surface area contributed by atoms with Gasteiger partial charge < -0.3 is 15.4 Å². The molecule has 0 atom stereocenters. The molecule has 0 saturated heterocycles. The quantitative estimate of drug-likeness (QED) is 0.570. The molecule has 0 aliphatic carbocycles. The highest BCUT2D eigenvalue weighted by Gasteiger charge is 2.06. The Bertz CT molecular complexity index is 691. The topological polar surface area (TPSA) is 58.5 Å². The van der Waals surface area contributed by atoms with E-state index in [4.69, 9.17) is 4.74 Å². The normalized spacial score (nSPS) is 11.2. The summed E-state index contributed by atoms with van der Waals surface area (Å²) in [4.78, 5) is 8.81. The van der Waals surface area contributed by atoms with Crippen LogP contribution >= 0.6 is 0 Å². The molecule has 1 aromatic carbocycles. The zero-order valence-electron chi connectivity index (χ0n) is 14.8. The first-order valence-electron chi connectivity index (χ1n) is 8.56. The molecular formula is C19H25FN4O. The van der Waals surface area contributed by atoms with Gasteiger partial charge >= 0.3 is 0 Å². The molecule has 134 valence electrons. The number of aromatic nitrogens is 1. The number of benzene rings is 1. The van der Waals surface area contributed by atoms with Crippen molar-refractivity contribution in [2.45, 2.75) is 33.4 Å².